The molecule has 1 aromatic heterocycles. The van der Waals surface area contributed by atoms with Gasteiger partial charge in [-0.25, -0.2) is 4.79 Å². The lowest BCUT2D eigenvalue weighted by atomic mass is 10.1. The summed E-state index contributed by atoms with van der Waals surface area (Å²) in [7, 11) is 0. The molecule has 0 fully saturated rings. The molecule has 0 bridgehead atoms. The van der Waals surface area contributed by atoms with Gasteiger partial charge in [-0.3, -0.25) is 18.7 Å². The smallest absolute Gasteiger partial charge is 0.329 e. The van der Waals surface area contributed by atoms with Crippen molar-refractivity contribution in [3.63, 3.8) is 0 Å². The SMILES string of the molecule is CCCn1c(=O)n(CCC(=O)O[C@H](C)C(=O)Nc2c(C)cccc2C)c2ccccc21. The fourth-order valence-electron chi connectivity index (χ4n) is 3.68. The number of hydrogen-bond acceptors (Lipinski definition) is 4. The Balaban J connectivity index is 1.65. The van der Waals surface area contributed by atoms with Gasteiger partial charge >= 0.3 is 11.7 Å². The number of rotatable bonds is 8. The first-order valence-corrected chi connectivity index (χ1v) is 10.6. The molecule has 0 saturated heterocycles. The number of aryl methyl sites for hydroxylation is 4. The topological polar surface area (TPSA) is 82.3 Å². The van der Waals surface area contributed by atoms with Crippen molar-refractivity contribution in [3.05, 3.63) is 64.1 Å². The number of imidazole rings is 1. The Hall–Kier alpha value is -3.35. The average molecular weight is 424 g/mol. The largest absolute Gasteiger partial charge is 0.452 e. The van der Waals surface area contributed by atoms with Crippen LogP contribution < -0.4 is 11.0 Å². The van der Waals surface area contributed by atoms with Gasteiger partial charge in [-0.2, -0.15) is 0 Å². The zero-order valence-corrected chi connectivity index (χ0v) is 18.5. The third-order valence-electron chi connectivity index (χ3n) is 5.32. The van der Waals surface area contributed by atoms with Gasteiger partial charge in [0.25, 0.3) is 5.91 Å². The summed E-state index contributed by atoms with van der Waals surface area (Å²) in [5.74, 6) is -0.911. The van der Waals surface area contributed by atoms with Crippen LogP contribution in [-0.2, 0) is 27.4 Å². The molecule has 0 radical (unpaired) electrons. The number of anilines is 1. The number of nitrogens with one attached hydrogen (secondary N) is 1. The highest BCUT2D eigenvalue weighted by Crippen LogP contribution is 2.20. The van der Waals surface area contributed by atoms with Crippen molar-refractivity contribution in [3.8, 4) is 0 Å². The number of esters is 1. The zero-order chi connectivity index (χ0) is 22.5. The van der Waals surface area contributed by atoms with Gasteiger partial charge in [0.05, 0.1) is 17.5 Å². The Morgan fingerprint density at radius 3 is 2.13 bits per heavy atom. The predicted molar refractivity (Wildman–Crippen MR) is 121 cm³/mol. The van der Waals surface area contributed by atoms with Gasteiger partial charge in [0, 0.05) is 18.8 Å². The van der Waals surface area contributed by atoms with Crippen molar-refractivity contribution in [1.29, 1.82) is 0 Å². The van der Waals surface area contributed by atoms with E-state index in [4.69, 9.17) is 4.74 Å². The van der Waals surface area contributed by atoms with Gasteiger partial charge in [-0.05, 0) is 50.5 Å². The lowest BCUT2D eigenvalue weighted by Gasteiger charge is -2.16. The molecule has 0 aliphatic heterocycles. The van der Waals surface area contributed by atoms with E-state index in [0.29, 0.717) is 6.54 Å². The Morgan fingerprint density at radius 1 is 0.968 bits per heavy atom. The maximum Gasteiger partial charge on any atom is 0.329 e. The van der Waals surface area contributed by atoms with E-state index < -0.39 is 12.1 Å². The molecule has 3 rings (SSSR count). The van der Waals surface area contributed by atoms with Crippen LogP contribution in [0, 0.1) is 13.8 Å². The van der Waals surface area contributed by atoms with Gasteiger partial charge in [-0.1, -0.05) is 37.3 Å². The molecule has 0 spiro atoms. The monoisotopic (exact) mass is 423 g/mol. The molecule has 164 valence electrons. The Kier molecular flexibility index (Phi) is 6.95. The number of carbonyl (C=O) groups excluding carboxylic acids is 2. The van der Waals surface area contributed by atoms with Crippen LogP contribution in [0.25, 0.3) is 11.0 Å². The first-order chi connectivity index (χ1) is 14.8. The van der Waals surface area contributed by atoms with Crippen LogP contribution in [0.2, 0.25) is 0 Å². The number of hydrogen-bond donors (Lipinski definition) is 1. The Labute approximate surface area is 181 Å². The van der Waals surface area contributed by atoms with Crippen molar-refractivity contribution in [2.75, 3.05) is 5.32 Å². The lowest BCUT2D eigenvalue weighted by molar-refractivity contribution is -0.153. The van der Waals surface area contributed by atoms with E-state index in [1.54, 1.807) is 16.1 Å². The molecule has 1 heterocycles. The summed E-state index contributed by atoms with van der Waals surface area (Å²) < 4.78 is 8.63. The molecule has 7 heteroatoms. The highest BCUT2D eigenvalue weighted by atomic mass is 16.5. The molecule has 1 atom stereocenters. The average Bonchev–Trinajstić information content (AvgIpc) is 3.00. The maximum atomic E-state index is 12.8. The molecule has 0 aliphatic carbocycles. The molecule has 1 amide bonds. The number of amides is 1. The van der Waals surface area contributed by atoms with Gasteiger partial charge in [-0.15, -0.1) is 0 Å². The molecular weight excluding hydrogens is 394 g/mol. The van der Waals surface area contributed by atoms with Crippen LogP contribution in [0.4, 0.5) is 5.69 Å². The fraction of sp³-hybridized carbons (Fsp3) is 0.375. The van der Waals surface area contributed by atoms with E-state index in [-0.39, 0.29) is 24.6 Å². The van der Waals surface area contributed by atoms with Crippen LogP contribution in [0.5, 0.6) is 0 Å². The normalized spacial score (nSPS) is 12.0. The van der Waals surface area contributed by atoms with E-state index in [9.17, 15) is 14.4 Å². The van der Waals surface area contributed by atoms with E-state index in [1.807, 2.05) is 63.2 Å². The van der Waals surface area contributed by atoms with Crippen molar-refractivity contribution in [2.45, 2.75) is 59.7 Å². The zero-order valence-electron chi connectivity index (χ0n) is 18.5. The van der Waals surface area contributed by atoms with Crippen LogP contribution in [0.15, 0.2) is 47.3 Å². The highest BCUT2D eigenvalue weighted by molar-refractivity contribution is 5.96. The van der Waals surface area contributed by atoms with Crippen molar-refractivity contribution < 1.29 is 14.3 Å². The van der Waals surface area contributed by atoms with E-state index >= 15 is 0 Å². The van der Waals surface area contributed by atoms with Gasteiger partial charge < -0.3 is 10.1 Å². The highest BCUT2D eigenvalue weighted by Gasteiger charge is 2.20. The molecule has 0 saturated carbocycles. The van der Waals surface area contributed by atoms with Crippen molar-refractivity contribution in [1.82, 2.24) is 9.13 Å². The molecule has 0 aliphatic rings. The molecule has 2 aromatic carbocycles. The minimum Gasteiger partial charge on any atom is -0.452 e. The Morgan fingerprint density at radius 2 is 1.55 bits per heavy atom. The van der Waals surface area contributed by atoms with E-state index in [2.05, 4.69) is 5.32 Å². The summed E-state index contributed by atoms with van der Waals surface area (Å²) in [4.78, 5) is 37.7. The Bertz CT molecular complexity index is 1140. The predicted octanol–water partition coefficient (Wildman–Crippen LogP) is 3.79. The number of ether oxygens (including phenoxy) is 1. The number of benzene rings is 2. The molecular formula is C24H29N3O4. The summed E-state index contributed by atoms with van der Waals surface area (Å²) in [6.07, 6.45) is -0.103. The number of nitrogens with zero attached hydrogens (tertiary/aromatic N) is 2. The number of fused-ring (bicyclic) bond motifs is 1. The third kappa shape index (κ3) is 4.87. The fourth-order valence-corrected chi connectivity index (χ4v) is 3.68. The lowest BCUT2D eigenvalue weighted by Crippen LogP contribution is -2.31. The second kappa shape index (κ2) is 9.64. The van der Waals surface area contributed by atoms with Crippen LogP contribution in [-0.4, -0.2) is 27.1 Å². The second-order valence-electron chi connectivity index (χ2n) is 7.71. The molecule has 3 aromatic rings. The maximum absolute atomic E-state index is 12.8. The minimum absolute atomic E-state index is 0.00104. The summed E-state index contributed by atoms with van der Waals surface area (Å²) in [5.41, 5.74) is 4.10. The summed E-state index contributed by atoms with van der Waals surface area (Å²) in [5, 5.41) is 2.83. The van der Waals surface area contributed by atoms with Crippen molar-refractivity contribution in [2.24, 2.45) is 0 Å². The second-order valence-corrected chi connectivity index (χ2v) is 7.71. The number of carbonyl (C=O) groups is 2. The summed E-state index contributed by atoms with van der Waals surface area (Å²) in [6.45, 7) is 8.19. The standard InChI is InChI=1S/C24H29N3O4/c1-5-14-26-19-11-6-7-12-20(19)27(24(26)30)15-13-21(28)31-18(4)23(29)25-22-16(2)9-8-10-17(22)3/h6-12,18H,5,13-15H2,1-4H3,(H,25,29)/t18-/m1/s1. The van der Waals surface area contributed by atoms with Crippen LogP contribution >= 0.6 is 0 Å². The molecule has 0 unspecified atom stereocenters. The van der Waals surface area contributed by atoms with Gasteiger partial charge in [0.1, 0.15) is 0 Å². The van der Waals surface area contributed by atoms with Crippen molar-refractivity contribution >= 4 is 28.6 Å². The molecule has 7 nitrogen and oxygen atoms in total. The van der Waals surface area contributed by atoms with Gasteiger partial charge in [0.2, 0.25) is 0 Å². The third-order valence-corrected chi connectivity index (χ3v) is 5.32. The summed E-state index contributed by atoms with van der Waals surface area (Å²) in [6, 6.07) is 13.3. The first-order valence-electron chi connectivity index (χ1n) is 10.6. The first kappa shape index (κ1) is 22.3. The molecule has 1 N–H and O–H groups in total. The molecule has 31 heavy (non-hydrogen) atoms. The van der Waals surface area contributed by atoms with Crippen LogP contribution in [0.3, 0.4) is 0 Å². The summed E-state index contributed by atoms with van der Waals surface area (Å²) >= 11 is 0. The number of para-hydroxylation sites is 3. The van der Waals surface area contributed by atoms with Gasteiger partial charge in [0.15, 0.2) is 6.10 Å². The van der Waals surface area contributed by atoms with E-state index in [1.165, 1.54) is 0 Å². The van der Waals surface area contributed by atoms with E-state index in [0.717, 1.165) is 34.3 Å². The number of aromatic nitrogens is 2. The van der Waals surface area contributed by atoms with Crippen LogP contribution in [0.1, 0.15) is 37.8 Å². The minimum atomic E-state index is -0.940. The quantitative estimate of drug-likeness (QED) is 0.559.